The summed E-state index contributed by atoms with van der Waals surface area (Å²) >= 11 is 0. The fourth-order valence-corrected chi connectivity index (χ4v) is 5.66. The van der Waals surface area contributed by atoms with Crippen LogP contribution in [0.15, 0.2) is 48.5 Å². The second-order valence-electron chi connectivity index (χ2n) is 5.14. The first-order valence-electron chi connectivity index (χ1n) is 6.44. The zero-order valence-corrected chi connectivity index (χ0v) is 12.7. The van der Waals surface area contributed by atoms with Crippen molar-refractivity contribution in [3.8, 4) is 5.75 Å². The summed E-state index contributed by atoms with van der Waals surface area (Å²) in [5.41, 5.74) is 1.02. The summed E-state index contributed by atoms with van der Waals surface area (Å²) in [5, 5.41) is 12.1. The summed E-state index contributed by atoms with van der Waals surface area (Å²) < 4.78 is 5.50. The van der Waals surface area contributed by atoms with Crippen LogP contribution >= 0.6 is 0 Å². The van der Waals surface area contributed by atoms with Crippen LogP contribution in [0, 0.1) is 0 Å². The highest BCUT2D eigenvalue weighted by atomic mass is 28.3. The van der Waals surface area contributed by atoms with Crippen LogP contribution in [0.2, 0.25) is 13.1 Å². The summed E-state index contributed by atoms with van der Waals surface area (Å²) in [6.07, 6.45) is 0. The molecular formula is C16H20O2Si. The molecule has 0 bridgehead atoms. The van der Waals surface area contributed by atoms with Crippen LogP contribution in [0.5, 0.6) is 5.75 Å². The maximum Gasteiger partial charge on any atom is 0.118 e. The number of aliphatic hydroxyl groups excluding tert-OH is 1. The molecule has 0 aliphatic carbocycles. The van der Waals surface area contributed by atoms with E-state index in [1.165, 1.54) is 10.4 Å². The molecule has 2 aromatic rings. The van der Waals surface area contributed by atoms with Crippen LogP contribution < -0.4 is 15.1 Å². The quantitative estimate of drug-likeness (QED) is 0.863. The molecule has 2 rings (SSSR count). The van der Waals surface area contributed by atoms with Gasteiger partial charge in [0.25, 0.3) is 0 Å². The SMILES string of the molecule is COc1ccccc1[Si](C)(C)c1ccccc1CO. The van der Waals surface area contributed by atoms with Gasteiger partial charge in [0.2, 0.25) is 0 Å². The Labute approximate surface area is 115 Å². The summed E-state index contributed by atoms with van der Waals surface area (Å²) in [5.74, 6) is 0.937. The van der Waals surface area contributed by atoms with E-state index in [2.05, 4.69) is 25.2 Å². The normalized spacial score (nSPS) is 11.4. The minimum atomic E-state index is -1.87. The van der Waals surface area contributed by atoms with Crippen molar-refractivity contribution in [2.45, 2.75) is 19.7 Å². The Bertz CT molecular complexity index is 515. The van der Waals surface area contributed by atoms with Crippen molar-refractivity contribution in [3.05, 3.63) is 54.1 Å². The third-order valence-electron chi connectivity index (χ3n) is 3.64. The molecular weight excluding hydrogens is 252 g/mol. The molecule has 0 aliphatic heterocycles. The maximum atomic E-state index is 9.55. The van der Waals surface area contributed by atoms with Gasteiger partial charge in [0.1, 0.15) is 13.8 Å². The van der Waals surface area contributed by atoms with E-state index in [9.17, 15) is 5.11 Å². The lowest BCUT2D eigenvalue weighted by Crippen LogP contribution is -2.54. The van der Waals surface area contributed by atoms with Crippen molar-refractivity contribution in [3.63, 3.8) is 0 Å². The molecule has 0 heterocycles. The molecule has 100 valence electrons. The van der Waals surface area contributed by atoms with E-state index in [-0.39, 0.29) is 6.61 Å². The molecule has 2 nitrogen and oxygen atoms in total. The van der Waals surface area contributed by atoms with Gasteiger partial charge in [-0.25, -0.2) is 0 Å². The van der Waals surface area contributed by atoms with E-state index in [1.807, 2.05) is 36.4 Å². The van der Waals surface area contributed by atoms with E-state index in [0.29, 0.717) is 0 Å². The van der Waals surface area contributed by atoms with Gasteiger partial charge in [0.15, 0.2) is 0 Å². The summed E-state index contributed by atoms with van der Waals surface area (Å²) in [6.45, 7) is 4.67. The zero-order chi connectivity index (χ0) is 13.9. The molecule has 0 atom stereocenters. The molecule has 0 amide bonds. The van der Waals surface area contributed by atoms with Crippen LogP contribution in [-0.4, -0.2) is 20.3 Å². The molecule has 0 saturated heterocycles. The van der Waals surface area contributed by atoms with Crippen molar-refractivity contribution in [1.82, 2.24) is 0 Å². The van der Waals surface area contributed by atoms with Gasteiger partial charge in [0.05, 0.1) is 13.7 Å². The molecule has 0 saturated carbocycles. The van der Waals surface area contributed by atoms with E-state index < -0.39 is 8.07 Å². The maximum absolute atomic E-state index is 9.55. The Morgan fingerprint density at radius 3 is 2.16 bits per heavy atom. The van der Waals surface area contributed by atoms with Gasteiger partial charge in [-0.15, -0.1) is 0 Å². The van der Waals surface area contributed by atoms with Gasteiger partial charge in [-0.05, 0) is 22.0 Å². The molecule has 0 spiro atoms. The van der Waals surface area contributed by atoms with Crippen molar-refractivity contribution >= 4 is 18.4 Å². The van der Waals surface area contributed by atoms with Crippen molar-refractivity contribution < 1.29 is 9.84 Å². The lowest BCUT2D eigenvalue weighted by molar-refractivity contribution is 0.283. The second-order valence-corrected chi connectivity index (χ2v) is 9.47. The molecule has 19 heavy (non-hydrogen) atoms. The standard InChI is InChI=1S/C16H20O2Si/c1-18-14-9-5-7-11-16(14)19(2,3)15-10-6-4-8-13(15)12-17/h4-11,17H,12H2,1-3H3. The second kappa shape index (κ2) is 5.59. The van der Waals surface area contributed by atoms with E-state index >= 15 is 0 Å². The number of methoxy groups -OCH3 is 1. The van der Waals surface area contributed by atoms with Crippen LogP contribution in [0.4, 0.5) is 0 Å². The van der Waals surface area contributed by atoms with Crippen LogP contribution in [0.25, 0.3) is 0 Å². The van der Waals surface area contributed by atoms with Crippen LogP contribution in [0.3, 0.4) is 0 Å². The largest absolute Gasteiger partial charge is 0.497 e. The van der Waals surface area contributed by atoms with Crippen LogP contribution in [-0.2, 0) is 6.61 Å². The summed E-state index contributed by atoms with van der Waals surface area (Å²) in [6, 6.07) is 16.3. The number of rotatable bonds is 4. The van der Waals surface area contributed by atoms with Crippen LogP contribution in [0.1, 0.15) is 5.56 Å². The molecule has 0 radical (unpaired) electrons. The first-order chi connectivity index (χ1) is 9.11. The van der Waals surface area contributed by atoms with Gasteiger partial charge in [-0.2, -0.15) is 0 Å². The molecule has 0 fully saturated rings. The van der Waals surface area contributed by atoms with Gasteiger partial charge >= 0.3 is 0 Å². The van der Waals surface area contributed by atoms with Gasteiger partial charge in [0, 0.05) is 0 Å². The minimum Gasteiger partial charge on any atom is -0.497 e. The highest BCUT2D eigenvalue weighted by Crippen LogP contribution is 2.15. The monoisotopic (exact) mass is 272 g/mol. The molecule has 1 N–H and O–H groups in total. The Hall–Kier alpha value is -1.58. The summed E-state index contributed by atoms with van der Waals surface area (Å²) in [7, 11) is -0.162. The highest BCUT2D eigenvalue weighted by molar-refractivity contribution is 7.01. The predicted octanol–water partition coefficient (Wildman–Crippen LogP) is 2.01. The fraction of sp³-hybridized carbons (Fsp3) is 0.250. The number of para-hydroxylation sites is 1. The molecule has 3 heteroatoms. The Kier molecular flexibility index (Phi) is 4.07. The van der Waals surface area contributed by atoms with Gasteiger partial charge in [-0.3, -0.25) is 0 Å². The zero-order valence-electron chi connectivity index (χ0n) is 11.7. The number of hydrogen-bond acceptors (Lipinski definition) is 2. The lowest BCUT2D eigenvalue weighted by atomic mass is 10.2. The minimum absolute atomic E-state index is 0.0851. The molecule has 0 aromatic heterocycles. The van der Waals surface area contributed by atoms with Gasteiger partial charge < -0.3 is 9.84 Å². The number of aliphatic hydroxyl groups is 1. The highest BCUT2D eigenvalue weighted by Gasteiger charge is 2.30. The molecule has 0 aliphatic rings. The molecule has 2 aromatic carbocycles. The third kappa shape index (κ3) is 2.57. The first-order valence-corrected chi connectivity index (χ1v) is 9.44. The van der Waals surface area contributed by atoms with Crippen molar-refractivity contribution in [2.24, 2.45) is 0 Å². The Morgan fingerprint density at radius 2 is 1.53 bits per heavy atom. The van der Waals surface area contributed by atoms with Crippen molar-refractivity contribution in [2.75, 3.05) is 7.11 Å². The smallest absolute Gasteiger partial charge is 0.118 e. The lowest BCUT2D eigenvalue weighted by Gasteiger charge is -2.27. The average molecular weight is 272 g/mol. The number of benzene rings is 2. The Balaban J connectivity index is 2.58. The molecule has 0 unspecified atom stereocenters. The topological polar surface area (TPSA) is 29.5 Å². The Morgan fingerprint density at radius 1 is 0.947 bits per heavy atom. The average Bonchev–Trinajstić information content (AvgIpc) is 2.47. The van der Waals surface area contributed by atoms with E-state index in [1.54, 1.807) is 7.11 Å². The number of ether oxygens (including phenoxy) is 1. The third-order valence-corrected chi connectivity index (χ3v) is 7.24. The van der Waals surface area contributed by atoms with Gasteiger partial charge in [-0.1, -0.05) is 55.6 Å². The fourth-order valence-electron chi connectivity index (χ4n) is 2.57. The number of hydrogen-bond donors (Lipinski definition) is 1. The predicted molar refractivity (Wildman–Crippen MR) is 82.1 cm³/mol. The summed E-state index contributed by atoms with van der Waals surface area (Å²) in [4.78, 5) is 0. The first kappa shape index (κ1) is 13.8. The van der Waals surface area contributed by atoms with E-state index in [0.717, 1.165) is 11.3 Å². The van der Waals surface area contributed by atoms with E-state index in [4.69, 9.17) is 4.74 Å². The van der Waals surface area contributed by atoms with Crippen molar-refractivity contribution in [1.29, 1.82) is 0 Å².